The lowest BCUT2D eigenvalue weighted by Gasteiger charge is -1.92. The minimum atomic E-state index is -0.566. The molecule has 0 fully saturated rings. The average molecular weight is 208 g/mol. The fourth-order valence-corrected chi connectivity index (χ4v) is 1.14. The lowest BCUT2D eigenvalue weighted by atomic mass is 10.4. The molecule has 2 aromatic rings. The lowest BCUT2D eigenvalue weighted by molar-refractivity contribution is -0.389. The zero-order valence-electron chi connectivity index (χ0n) is 7.66. The Morgan fingerprint density at radius 3 is 2.93 bits per heavy atom. The molecular formula is C8H8N4O3. The molecule has 0 atom stereocenters. The molecule has 2 N–H and O–H groups in total. The van der Waals surface area contributed by atoms with E-state index in [1.54, 1.807) is 12.1 Å². The van der Waals surface area contributed by atoms with Crippen molar-refractivity contribution in [3.8, 4) is 5.88 Å². The molecule has 7 nitrogen and oxygen atoms in total. The number of furan rings is 1. The van der Waals surface area contributed by atoms with Gasteiger partial charge in [-0.25, -0.2) is 4.57 Å². The van der Waals surface area contributed by atoms with Crippen LogP contribution in [0.1, 0.15) is 5.76 Å². The highest BCUT2D eigenvalue weighted by Crippen LogP contribution is 2.15. The van der Waals surface area contributed by atoms with E-state index in [0.717, 1.165) is 0 Å². The Bertz CT molecular complexity index is 488. The summed E-state index contributed by atoms with van der Waals surface area (Å²) in [6.45, 7) is 0.288. The topological polar surface area (TPSA) is 100 Å². The molecule has 0 aliphatic heterocycles. The first-order valence-corrected chi connectivity index (χ1v) is 4.18. The van der Waals surface area contributed by atoms with Crippen LogP contribution in [0.25, 0.3) is 5.88 Å². The first kappa shape index (κ1) is 9.41. The first-order valence-electron chi connectivity index (χ1n) is 4.18. The third kappa shape index (κ3) is 1.72. The van der Waals surface area contributed by atoms with Crippen LogP contribution in [0, 0.1) is 10.1 Å². The predicted octanol–water partition coefficient (Wildman–Crippen LogP) is 0.832. The first-order chi connectivity index (χ1) is 7.20. The molecule has 2 heterocycles. The number of aromatic nitrogens is 2. The number of imidazole rings is 1. The van der Waals surface area contributed by atoms with Crippen LogP contribution >= 0.6 is 0 Å². The van der Waals surface area contributed by atoms with Crippen LogP contribution in [0.3, 0.4) is 0 Å². The van der Waals surface area contributed by atoms with Gasteiger partial charge in [-0.05, 0) is 16.0 Å². The summed E-state index contributed by atoms with van der Waals surface area (Å²) in [7, 11) is 0. The molecule has 7 heteroatoms. The maximum atomic E-state index is 10.4. The minimum absolute atomic E-state index is 0.222. The second kappa shape index (κ2) is 3.54. The zero-order valence-corrected chi connectivity index (χ0v) is 7.66. The van der Waals surface area contributed by atoms with Gasteiger partial charge in [-0.2, -0.15) is 0 Å². The van der Waals surface area contributed by atoms with Crippen molar-refractivity contribution in [2.45, 2.75) is 6.54 Å². The van der Waals surface area contributed by atoms with Gasteiger partial charge >= 0.3 is 5.82 Å². The molecule has 15 heavy (non-hydrogen) atoms. The molecule has 2 aromatic heterocycles. The molecule has 2 rings (SSSR count). The smallest absolute Gasteiger partial charge is 0.382 e. The maximum absolute atomic E-state index is 10.4. The second-order valence-corrected chi connectivity index (χ2v) is 2.84. The van der Waals surface area contributed by atoms with E-state index >= 15 is 0 Å². The van der Waals surface area contributed by atoms with Gasteiger partial charge in [0, 0.05) is 6.07 Å². The summed E-state index contributed by atoms with van der Waals surface area (Å²) in [6, 6.07) is 3.38. The van der Waals surface area contributed by atoms with Crippen molar-refractivity contribution in [2.24, 2.45) is 5.73 Å². The van der Waals surface area contributed by atoms with Crippen molar-refractivity contribution < 1.29 is 9.34 Å². The summed E-state index contributed by atoms with van der Waals surface area (Å²) in [5.41, 5.74) is 5.37. The summed E-state index contributed by atoms with van der Waals surface area (Å²) in [4.78, 5) is 13.4. The number of nitrogens with two attached hydrogens (primary N) is 1. The Morgan fingerprint density at radius 2 is 2.40 bits per heavy atom. The quantitative estimate of drug-likeness (QED) is 0.594. The van der Waals surface area contributed by atoms with Crippen molar-refractivity contribution in [2.75, 3.05) is 0 Å². The summed E-state index contributed by atoms with van der Waals surface area (Å²) in [6.07, 6.45) is 2.59. The zero-order chi connectivity index (χ0) is 10.8. The van der Waals surface area contributed by atoms with E-state index in [2.05, 4.69) is 4.98 Å². The normalized spacial score (nSPS) is 10.5. The highest BCUT2D eigenvalue weighted by atomic mass is 16.6. The van der Waals surface area contributed by atoms with E-state index < -0.39 is 4.92 Å². The highest BCUT2D eigenvalue weighted by molar-refractivity contribution is 5.26. The van der Waals surface area contributed by atoms with E-state index in [1.807, 2.05) is 0 Å². The van der Waals surface area contributed by atoms with Crippen molar-refractivity contribution in [1.29, 1.82) is 0 Å². The van der Waals surface area contributed by atoms with Gasteiger partial charge in [-0.15, -0.1) is 0 Å². The molecule has 78 valence electrons. The van der Waals surface area contributed by atoms with Crippen molar-refractivity contribution in [3.05, 3.63) is 40.5 Å². The molecule has 0 saturated carbocycles. The molecular weight excluding hydrogens is 200 g/mol. The molecule has 0 aliphatic rings. The number of rotatable bonds is 3. The van der Waals surface area contributed by atoms with Gasteiger partial charge in [0.25, 0.3) is 0 Å². The number of nitro groups is 1. The molecule has 0 bridgehead atoms. The summed E-state index contributed by atoms with van der Waals surface area (Å²) in [5, 5.41) is 10.4. The molecule has 0 saturated heterocycles. The van der Waals surface area contributed by atoms with E-state index in [0.29, 0.717) is 11.6 Å². The van der Waals surface area contributed by atoms with Crippen LogP contribution in [0.2, 0.25) is 0 Å². The molecule has 0 amide bonds. The van der Waals surface area contributed by atoms with Crippen LogP contribution in [-0.4, -0.2) is 14.5 Å². The van der Waals surface area contributed by atoms with Crippen molar-refractivity contribution in [3.63, 3.8) is 0 Å². The van der Waals surface area contributed by atoms with E-state index in [-0.39, 0.29) is 12.4 Å². The van der Waals surface area contributed by atoms with Gasteiger partial charge in [-0.3, -0.25) is 0 Å². The summed E-state index contributed by atoms with van der Waals surface area (Å²) < 4.78 is 6.72. The van der Waals surface area contributed by atoms with Crippen LogP contribution in [0.5, 0.6) is 0 Å². The second-order valence-electron chi connectivity index (χ2n) is 2.84. The Labute approximate surface area is 84.3 Å². The lowest BCUT2D eigenvalue weighted by Crippen LogP contribution is -1.93. The van der Waals surface area contributed by atoms with Crippen LogP contribution < -0.4 is 5.73 Å². The van der Waals surface area contributed by atoms with Crippen molar-refractivity contribution in [1.82, 2.24) is 9.55 Å². The van der Waals surface area contributed by atoms with Crippen LogP contribution in [-0.2, 0) is 6.54 Å². The van der Waals surface area contributed by atoms with Crippen molar-refractivity contribution >= 4 is 5.82 Å². The van der Waals surface area contributed by atoms with Gasteiger partial charge in [0.15, 0.2) is 0 Å². The van der Waals surface area contributed by atoms with E-state index in [4.69, 9.17) is 10.2 Å². The summed E-state index contributed by atoms with van der Waals surface area (Å²) >= 11 is 0. The summed E-state index contributed by atoms with van der Waals surface area (Å²) in [5.74, 6) is 0.845. The van der Waals surface area contributed by atoms with Gasteiger partial charge < -0.3 is 20.3 Å². The Morgan fingerprint density at radius 1 is 1.60 bits per heavy atom. The third-order valence-electron chi connectivity index (χ3n) is 1.86. The Balaban J connectivity index is 2.32. The van der Waals surface area contributed by atoms with Gasteiger partial charge in [0.05, 0.1) is 6.54 Å². The number of hydrogen-bond donors (Lipinski definition) is 1. The average Bonchev–Trinajstić information content (AvgIpc) is 2.86. The number of hydrogen-bond acceptors (Lipinski definition) is 5. The Kier molecular flexibility index (Phi) is 2.22. The minimum Gasteiger partial charge on any atom is -0.443 e. The fourth-order valence-electron chi connectivity index (χ4n) is 1.14. The van der Waals surface area contributed by atoms with Crippen LogP contribution in [0.4, 0.5) is 5.82 Å². The molecule has 0 radical (unpaired) electrons. The van der Waals surface area contributed by atoms with Gasteiger partial charge in [-0.1, -0.05) is 0 Å². The predicted molar refractivity (Wildman–Crippen MR) is 50.4 cm³/mol. The Hall–Kier alpha value is -2.15. The molecule has 0 spiro atoms. The SMILES string of the molecule is NCc1ccc(-n2cnc([N+](=O)[O-])c2)o1. The third-order valence-corrected chi connectivity index (χ3v) is 1.86. The van der Waals surface area contributed by atoms with Crippen LogP contribution in [0.15, 0.2) is 29.1 Å². The van der Waals surface area contributed by atoms with Gasteiger partial charge in [0.2, 0.25) is 12.2 Å². The number of nitrogens with zero attached hydrogens (tertiary/aromatic N) is 3. The monoisotopic (exact) mass is 208 g/mol. The fraction of sp³-hybridized carbons (Fsp3) is 0.125. The standard InChI is InChI=1S/C8H8N4O3/c9-3-6-1-2-8(15-6)11-4-7(10-5-11)12(13)14/h1-2,4-5H,3,9H2. The molecule has 0 aromatic carbocycles. The van der Waals surface area contributed by atoms with E-state index in [9.17, 15) is 10.1 Å². The van der Waals surface area contributed by atoms with E-state index in [1.165, 1.54) is 17.1 Å². The molecule has 0 aliphatic carbocycles. The molecule has 0 unspecified atom stereocenters. The van der Waals surface area contributed by atoms with Gasteiger partial charge in [0.1, 0.15) is 12.0 Å². The maximum Gasteiger partial charge on any atom is 0.382 e. The highest BCUT2D eigenvalue weighted by Gasteiger charge is 2.12. The largest absolute Gasteiger partial charge is 0.443 e.